The Morgan fingerprint density at radius 2 is 1.14 bits per heavy atom. The summed E-state index contributed by atoms with van der Waals surface area (Å²) >= 11 is -0.150. The maximum absolute atomic E-state index is 4.76. The van der Waals surface area contributed by atoms with Crippen molar-refractivity contribution in [2.75, 3.05) is 0 Å². The third-order valence-corrected chi connectivity index (χ3v) is 8.85. The molecule has 1 aliphatic heterocycles. The molecule has 2 nitrogen and oxygen atoms in total. The molecule has 3 heteroatoms. The zero-order chi connectivity index (χ0) is 18.9. The van der Waals surface area contributed by atoms with Gasteiger partial charge < -0.3 is 0 Å². The molecule has 0 atom stereocenters. The topological polar surface area (TPSA) is 25.8 Å². The van der Waals surface area contributed by atoms with E-state index in [9.17, 15) is 0 Å². The monoisotopic (exact) mass is 481 g/mol. The first kappa shape index (κ1) is 15.8. The van der Waals surface area contributed by atoms with Crippen molar-refractivity contribution in [1.82, 2.24) is 9.97 Å². The van der Waals surface area contributed by atoms with Gasteiger partial charge in [-0.25, -0.2) is 0 Å². The van der Waals surface area contributed by atoms with Crippen LogP contribution in [0.5, 0.6) is 0 Å². The minimum absolute atomic E-state index is 0.150. The third-order valence-electron chi connectivity index (χ3n) is 5.86. The summed E-state index contributed by atoms with van der Waals surface area (Å²) in [5, 5.41) is 7.44. The summed E-state index contributed by atoms with van der Waals surface area (Å²) in [6.07, 6.45) is 3.62. The number of fused-ring (bicyclic) bond motifs is 10. The van der Waals surface area contributed by atoms with Crippen LogP contribution in [-0.2, 0) is 0 Å². The number of aromatic nitrogens is 2. The van der Waals surface area contributed by atoms with Crippen LogP contribution in [0.15, 0.2) is 85.2 Å². The summed E-state index contributed by atoms with van der Waals surface area (Å²) in [6, 6.07) is 26.8. The Hall–Kier alpha value is -3.05. The molecule has 0 saturated heterocycles. The van der Waals surface area contributed by atoms with Crippen molar-refractivity contribution in [3.63, 3.8) is 0 Å². The number of halogens is 1. The van der Waals surface area contributed by atoms with E-state index in [0.717, 1.165) is 11.0 Å². The summed E-state index contributed by atoms with van der Waals surface area (Å²) < 4.78 is 3.01. The van der Waals surface area contributed by atoms with E-state index < -0.39 is 0 Å². The van der Waals surface area contributed by atoms with Gasteiger partial charge in [0.2, 0.25) is 0 Å². The van der Waals surface area contributed by atoms with Gasteiger partial charge in [-0.2, -0.15) is 0 Å². The second-order valence-corrected chi connectivity index (χ2v) is 10.3. The Labute approximate surface area is 177 Å². The molecular weight excluding hydrogens is 467 g/mol. The Kier molecular flexibility index (Phi) is 3.13. The van der Waals surface area contributed by atoms with Crippen LogP contribution in [-0.4, -0.2) is 9.97 Å². The van der Waals surface area contributed by atoms with Crippen molar-refractivity contribution in [3.8, 4) is 11.1 Å². The maximum atomic E-state index is 4.76. The Morgan fingerprint density at radius 3 is 1.93 bits per heavy atom. The molecule has 136 valence electrons. The first-order valence-electron chi connectivity index (χ1n) is 9.64. The zero-order valence-electron chi connectivity index (χ0n) is 15.4. The van der Waals surface area contributed by atoms with Gasteiger partial charge in [0.1, 0.15) is 0 Å². The molecule has 0 bridgehead atoms. The molecule has 0 saturated carbocycles. The molecule has 0 spiro atoms. The molecule has 7 rings (SSSR count). The predicted octanol–water partition coefficient (Wildman–Crippen LogP) is 3.20. The second kappa shape index (κ2) is 5.74. The summed E-state index contributed by atoms with van der Waals surface area (Å²) in [4.78, 5) is 9.51. The summed E-state index contributed by atoms with van der Waals surface area (Å²) in [5.41, 5.74) is 4.81. The van der Waals surface area contributed by atoms with E-state index in [4.69, 9.17) is 9.97 Å². The fraction of sp³-hybridized carbons (Fsp3) is 0. The predicted molar refractivity (Wildman–Crippen MR) is 115 cm³/mol. The number of hydrogen-bond acceptors (Lipinski definition) is 2. The molecule has 0 fully saturated rings. The first-order valence-corrected chi connectivity index (χ1v) is 11.8. The third kappa shape index (κ3) is 2.16. The fourth-order valence-corrected chi connectivity index (χ4v) is 7.52. The van der Waals surface area contributed by atoms with Gasteiger partial charge in [0.25, 0.3) is 0 Å². The first-order chi connectivity index (χ1) is 14.4. The van der Waals surface area contributed by atoms with Crippen molar-refractivity contribution in [1.29, 1.82) is 0 Å². The van der Waals surface area contributed by atoms with Gasteiger partial charge in [0, 0.05) is 0 Å². The van der Waals surface area contributed by atoms with Crippen LogP contribution >= 0.6 is 0 Å². The minimum atomic E-state index is -0.150. The van der Waals surface area contributed by atoms with Crippen molar-refractivity contribution in [2.45, 2.75) is 0 Å². The van der Waals surface area contributed by atoms with E-state index in [1.807, 2.05) is 6.20 Å². The number of rotatable bonds is 0. The van der Waals surface area contributed by atoms with Crippen molar-refractivity contribution in [2.24, 2.45) is 0 Å². The van der Waals surface area contributed by atoms with Gasteiger partial charge in [-0.3, -0.25) is 0 Å². The molecule has 0 radical (unpaired) electrons. The summed E-state index contributed by atoms with van der Waals surface area (Å²) in [7, 11) is 0. The van der Waals surface area contributed by atoms with E-state index in [2.05, 4.69) is 72.8 Å². The van der Waals surface area contributed by atoms with Crippen LogP contribution in [0.25, 0.3) is 54.5 Å². The van der Waals surface area contributed by atoms with Crippen LogP contribution in [0.2, 0.25) is 0 Å². The van der Waals surface area contributed by atoms with Crippen LogP contribution in [0.3, 0.4) is 0 Å². The zero-order valence-corrected chi connectivity index (χ0v) is 17.5. The van der Waals surface area contributed by atoms with Gasteiger partial charge >= 0.3 is 178 Å². The van der Waals surface area contributed by atoms with Crippen molar-refractivity contribution in [3.05, 3.63) is 92.3 Å². The van der Waals surface area contributed by atoms with Crippen molar-refractivity contribution >= 4 is 43.4 Å². The van der Waals surface area contributed by atoms with Gasteiger partial charge in [-0.1, -0.05) is 0 Å². The fourth-order valence-electron chi connectivity index (χ4n) is 4.54. The molecule has 5 aromatic carbocycles. The molecule has 1 aromatic heterocycles. The second-order valence-electron chi connectivity index (χ2n) is 7.45. The molecule has 1 aliphatic rings. The number of hydrogen-bond donors (Lipinski definition) is 0. The van der Waals surface area contributed by atoms with Gasteiger partial charge in [-0.15, -0.1) is 0 Å². The van der Waals surface area contributed by atoms with Gasteiger partial charge in [0.05, 0.1) is 0 Å². The standard InChI is InChI=1S/C26H14IN2/c1-2-6-16-12-21-18(11-15(16)5-1)19-13-20-17-7-3-4-8-23(17)27-24(20)14-22(19)26-25(21)28-9-10-29-26/h1-14H/q-1. The number of benzene rings is 5. The van der Waals surface area contributed by atoms with E-state index in [1.54, 1.807) is 6.20 Å². The van der Waals surface area contributed by atoms with Crippen LogP contribution in [0, 0.1) is 7.14 Å². The molecule has 0 unspecified atom stereocenters. The molecule has 0 aliphatic carbocycles. The summed E-state index contributed by atoms with van der Waals surface area (Å²) in [6.45, 7) is 0. The Balaban J connectivity index is 1.73. The average Bonchev–Trinajstić information content (AvgIpc) is 3.15. The van der Waals surface area contributed by atoms with E-state index in [0.29, 0.717) is 0 Å². The van der Waals surface area contributed by atoms with E-state index in [1.165, 1.54) is 50.6 Å². The van der Waals surface area contributed by atoms with Crippen LogP contribution < -0.4 is 21.2 Å². The molecule has 2 heterocycles. The summed E-state index contributed by atoms with van der Waals surface area (Å²) in [5.74, 6) is 0. The van der Waals surface area contributed by atoms with Crippen LogP contribution in [0.1, 0.15) is 0 Å². The van der Waals surface area contributed by atoms with E-state index in [-0.39, 0.29) is 21.2 Å². The average molecular weight is 481 g/mol. The van der Waals surface area contributed by atoms with E-state index >= 15 is 0 Å². The van der Waals surface area contributed by atoms with Crippen molar-refractivity contribution < 1.29 is 21.2 Å². The normalized spacial score (nSPS) is 13.0. The Bertz CT molecular complexity index is 1640. The quantitative estimate of drug-likeness (QED) is 0.189. The molecular formula is C26H14IN2-. The molecule has 6 aromatic rings. The number of nitrogens with zero attached hydrogens (tertiary/aromatic N) is 2. The Morgan fingerprint density at radius 1 is 0.517 bits per heavy atom. The molecule has 0 amide bonds. The molecule has 29 heavy (non-hydrogen) atoms. The molecule has 0 N–H and O–H groups in total. The SMILES string of the molecule is c1ccc2c(c1)[I-]c1cc3c(cc1-2)c1cc2ccccc2cc1c1nccnc31. The van der Waals surface area contributed by atoms with Crippen LogP contribution in [0.4, 0.5) is 0 Å². The van der Waals surface area contributed by atoms with Gasteiger partial charge in [0.15, 0.2) is 0 Å². The van der Waals surface area contributed by atoms with Gasteiger partial charge in [-0.05, 0) is 0 Å².